The zero-order valence-electron chi connectivity index (χ0n) is 11.2. The van der Waals surface area contributed by atoms with Crippen molar-refractivity contribution in [1.29, 1.82) is 0 Å². The van der Waals surface area contributed by atoms with E-state index in [-0.39, 0.29) is 12.5 Å². The topological polar surface area (TPSA) is 58.6 Å². The van der Waals surface area contributed by atoms with Crippen molar-refractivity contribution in [2.24, 2.45) is 0 Å². The first kappa shape index (κ1) is 14.1. The number of amides is 1. The summed E-state index contributed by atoms with van der Waals surface area (Å²) >= 11 is 3.42. The smallest absolute Gasteiger partial charge is 0.262 e. The molecule has 0 aromatic heterocycles. The molecule has 1 atom stereocenters. The second kappa shape index (κ2) is 5.87. The molecule has 5 heteroatoms. The van der Waals surface area contributed by atoms with E-state index in [0.717, 1.165) is 15.6 Å². The minimum Gasteiger partial charge on any atom is -0.482 e. The summed E-state index contributed by atoms with van der Waals surface area (Å²) in [5.41, 5.74) is 2.39. The summed E-state index contributed by atoms with van der Waals surface area (Å²) in [4.78, 5) is 11.3. The lowest BCUT2D eigenvalue weighted by Crippen LogP contribution is -2.25. The van der Waals surface area contributed by atoms with E-state index in [1.54, 1.807) is 12.1 Å². The van der Waals surface area contributed by atoms with Crippen molar-refractivity contribution in [3.63, 3.8) is 0 Å². The van der Waals surface area contributed by atoms with Crippen LogP contribution in [0.25, 0.3) is 0 Å². The van der Waals surface area contributed by atoms with E-state index in [1.807, 2.05) is 30.3 Å². The van der Waals surface area contributed by atoms with Crippen molar-refractivity contribution < 1.29 is 14.6 Å². The number of benzene rings is 2. The maximum Gasteiger partial charge on any atom is 0.262 e. The van der Waals surface area contributed by atoms with E-state index >= 15 is 0 Å². The molecule has 4 nitrogen and oxygen atoms in total. The van der Waals surface area contributed by atoms with Crippen molar-refractivity contribution >= 4 is 27.5 Å². The predicted octanol–water partition coefficient (Wildman–Crippen LogP) is 3.06. The van der Waals surface area contributed by atoms with Crippen molar-refractivity contribution in [3.05, 3.63) is 58.1 Å². The van der Waals surface area contributed by atoms with Crippen LogP contribution in [0, 0.1) is 0 Å². The maximum atomic E-state index is 11.3. The quantitative estimate of drug-likeness (QED) is 0.896. The Morgan fingerprint density at radius 2 is 2.14 bits per heavy atom. The highest BCUT2D eigenvalue weighted by molar-refractivity contribution is 9.10. The van der Waals surface area contributed by atoms with Gasteiger partial charge in [0.15, 0.2) is 6.61 Å². The molecule has 108 valence electrons. The van der Waals surface area contributed by atoms with Crippen LogP contribution in [0.4, 0.5) is 5.69 Å². The van der Waals surface area contributed by atoms with Gasteiger partial charge in [0.1, 0.15) is 5.75 Å². The van der Waals surface area contributed by atoms with Gasteiger partial charge in [-0.05, 0) is 35.4 Å². The number of aliphatic hydroxyl groups excluding tert-OH is 1. The van der Waals surface area contributed by atoms with Gasteiger partial charge in [-0.2, -0.15) is 0 Å². The third-order valence-electron chi connectivity index (χ3n) is 3.34. The number of halogens is 1. The second-order valence-corrected chi connectivity index (χ2v) is 5.86. The summed E-state index contributed by atoms with van der Waals surface area (Å²) in [6.45, 7) is 0.0347. The normalized spacial score (nSPS) is 14.9. The molecule has 1 aliphatic heterocycles. The molecule has 0 fully saturated rings. The fourth-order valence-electron chi connectivity index (χ4n) is 2.31. The van der Waals surface area contributed by atoms with Crippen LogP contribution in [0.2, 0.25) is 0 Å². The van der Waals surface area contributed by atoms with Crippen LogP contribution in [-0.2, 0) is 11.2 Å². The fourth-order valence-corrected chi connectivity index (χ4v) is 2.76. The number of anilines is 1. The molecule has 0 spiro atoms. The number of hydrogen-bond donors (Lipinski definition) is 2. The van der Waals surface area contributed by atoms with E-state index in [4.69, 9.17) is 4.74 Å². The minimum absolute atomic E-state index is 0.0347. The van der Waals surface area contributed by atoms with Gasteiger partial charge in [0.2, 0.25) is 0 Å². The van der Waals surface area contributed by atoms with E-state index in [0.29, 0.717) is 17.9 Å². The SMILES string of the molecule is O=C1COc2ccc(C(O)Cc3cccc(Br)c3)cc2N1. The van der Waals surface area contributed by atoms with E-state index in [9.17, 15) is 9.90 Å². The molecule has 0 saturated heterocycles. The highest BCUT2D eigenvalue weighted by atomic mass is 79.9. The van der Waals surface area contributed by atoms with Gasteiger partial charge in [-0.1, -0.05) is 34.1 Å². The molecule has 2 aromatic carbocycles. The third-order valence-corrected chi connectivity index (χ3v) is 3.83. The predicted molar refractivity (Wildman–Crippen MR) is 83.4 cm³/mol. The molecule has 1 aliphatic rings. The van der Waals surface area contributed by atoms with Crippen LogP contribution < -0.4 is 10.1 Å². The van der Waals surface area contributed by atoms with Crippen LogP contribution in [0.5, 0.6) is 5.75 Å². The lowest BCUT2D eigenvalue weighted by molar-refractivity contribution is -0.118. The van der Waals surface area contributed by atoms with Crippen LogP contribution >= 0.6 is 15.9 Å². The van der Waals surface area contributed by atoms with Crippen LogP contribution in [0.1, 0.15) is 17.2 Å². The van der Waals surface area contributed by atoms with Crippen LogP contribution in [0.15, 0.2) is 46.9 Å². The summed E-state index contributed by atoms with van der Waals surface area (Å²) in [7, 11) is 0. The minimum atomic E-state index is -0.636. The molecule has 3 rings (SSSR count). The molecule has 0 radical (unpaired) electrons. The summed E-state index contributed by atoms with van der Waals surface area (Å²) in [6.07, 6.45) is -0.129. The number of nitrogens with one attached hydrogen (secondary N) is 1. The molecular weight excluding hydrogens is 334 g/mol. The lowest BCUT2D eigenvalue weighted by Gasteiger charge is -2.20. The van der Waals surface area contributed by atoms with Gasteiger partial charge in [0, 0.05) is 10.9 Å². The number of rotatable bonds is 3. The van der Waals surface area contributed by atoms with Crippen LogP contribution in [0.3, 0.4) is 0 Å². The Kier molecular flexibility index (Phi) is 3.94. The molecular formula is C16H14BrNO3. The van der Waals surface area contributed by atoms with Crippen molar-refractivity contribution in [2.75, 3.05) is 11.9 Å². The Morgan fingerprint density at radius 3 is 2.95 bits per heavy atom. The number of carbonyl (C=O) groups is 1. The molecule has 2 N–H and O–H groups in total. The molecule has 1 amide bonds. The Morgan fingerprint density at radius 1 is 1.29 bits per heavy atom. The monoisotopic (exact) mass is 347 g/mol. The number of fused-ring (bicyclic) bond motifs is 1. The van der Waals surface area contributed by atoms with Gasteiger partial charge < -0.3 is 15.2 Å². The number of ether oxygens (including phenoxy) is 1. The average Bonchev–Trinajstić information content (AvgIpc) is 2.46. The summed E-state index contributed by atoms with van der Waals surface area (Å²) < 4.78 is 6.29. The van der Waals surface area contributed by atoms with Crippen LogP contribution in [-0.4, -0.2) is 17.6 Å². The molecule has 21 heavy (non-hydrogen) atoms. The standard InChI is InChI=1S/C16H14BrNO3/c17-12-3-1-2-10(6-12)7-14(19)11-4-5-15-13(8-11)18-16(20)9-21-15/h1-6,8,14,19H,7,9H2,(H,18,20). The largest absolute Gasteiger partial charge is 0.482 e. The van der Waals surface area contributed by atoms with E-state index < -0.39 is 6.10 Å². The zero-order valence-corrected chi connectivity index (χ0v) is 12.8. The molecule has 1 heterocycles. The summed E-state index contributed by atoms with van der Waals surface area (Å²) in [6, 6.07) is 13.2. The van der Waals surface area contributed by atoms with Gasteiger partial charge in [-0.15, -0.1) is 0 Å². The van der Waals surface area contributed by atoms with Crippen molar-refractivity contribution in [2.45, 2.75) is 12.5 Å². The first-order valence-electron chi connectivity index (χ1n) is 6.61. The van der Waals surface area contributed by atoms with Gasteiger partial charge in [-0.3, -0.25) is 4.79 Å². The molecule has 0 bridgehead atoms. The number of hydrogen-bond acceptors (Lipinski definition) is 3. The number of aliphatic hydroxyl groups is 1. The second-order valence-electron chi connectivity index (χ2n) is 4.94. The van der Waals surface area contributed by atoms with Crippen molar-refractivity contribution in [1.82, 2.24) is 0 Å². The Hall–Kier alpha value is -1.85. The van der Waals surface area contributed by atoms with Gasteiger partial charge in [0.25, 0.3) is 5.91 Å². The Bertz CT molecular complexity index is 687. The van der Waals surface area contributed by atoms with Gasteiger partial charge in [0.05, 0.1) is 11.8 Å². The first-order valence-corrected chi connectivity index (χ1v) is 7.40. The lowest BCUT2D eigenvalue weighted by atomic mass is 10.0. The fraction of sp³-hybridized carbons (Fsp3) is 0.188. The Balaban J connectivity index is 1.80. The first-order chi connectivity index (χ1) is 10.1. The molecule has 1 unspecified atom stereocenters. The molecule has 0 saturated carbocycles. The third kappa shape index (κ3) is 3.25. The van der Waals surface area contributed by atoms with E-state index in [2.05, 4.69) is 21.2 Å². The highest BCUT2D eigenvalue weighted by Crippen LogP contribution is 2.31. The highest BCUT2D eigenvalue weighted by Gasteiger charge is 2.18. The number of carbonyl (C=O) groups excluding carboxylic acids is 1. The van der Waals surface area contributed by atoms with E-state index in [1.165, 1.54) is 0 Å². The molecule has 0 aliphatic carbocycles. The molecule has 2 aromatic rings. The maximum absolute atomic E-state index is 11.3. The van der Waals surface area contributed by atoms with Crippen molar-refractivity contribution in [3.8, 4) is 5.75 Å². The summed E-state index contributed by atoms with van der Waals surface area (Å²) in [5.74, 6) is 0.453. The average molecular weight is 348 g/mol. The van der Waals surface area contributed by atoms with Gasteiger partial charge in [-0.25, -0.2) is 0 Å². The Labute approximate surface area is 130 Å². The van der Waals surface area contributed by atoms with Gasteiger partial charge >= 0.3 is 0 Å². The zero-order chi connectivity index (χ0) is 14.8. The summed E-state index contributed by atoms with van der Waals surface area (Å²) in [5, 5.41) is 13.1.